The Balaban J connectivity index is 2.28. The SMILES string of the molecule is CC(C)CCC(C)NC(=O)c1c[nH]c2c(Cl)cc(Br)cc2c1=O. The highest BCUT2D eigenvalue weighted by Crippen LogP contribution is 2.24. The number of hydrogen-bond acceptors (Lipinski definition) is 2. The summed E-state index contributed by atoms with van der Waals surface area (Å²) in [6.45, 7) is 6.23. The molecule has 0 aliphatic carbocycles. The fourth-order valence-corrected chi connectivity index (χ4v) is 3.24. The van der Waals surface area contributed by atoms with Gasteiger partial charge in [-0.15, -0.1) is 0 Å². The van der Waals surface area contributed by atoms with Crippen LogP contribution < -0.4 is 10.7 Å². The largest absolute Gasteiger partial charge is 0.359 e. The van der Waals surface area contributed by atoms with Crippen molar-refractivity contribution in [2.24, 2.45) is 5.92 Å². The quantitative estimate of drug-likeness (QED) is 0.777. The topological polar surface area (TPSA) is 62.0 Å². The molecule has 0 saturated carbocycles. The highest BCUT2D eigenvalue weighted by Gasteiger charge is 2.16. The minimum atomic E-state index is -0.361. The van der Waals surface area contributed by atoms with E-state index in [1.807, 2.05) is 6.92 Å². The van der Waals surface area contributed by atoms with Crippen LogP contribution in [0.15, 0.2) is 27.6 Å². The second-order valence-electron chi connectivity index (χ2n) is 6.19. The monoisotopic (exact) mass is 398 g/mol. The zero-order chi connectivity index (χ0) is 17.1. The Bertz CT molecular complexity index is 786. The van der Waals surface area contributed by atoms with Gasteiger partial charge in [-0.05, 0) is 37.8 Å². The molecule has 0 fully saturated rings. The van der Waals surface area contributed by atoms with Crippen molar-refractivity contribution >= 4 is 44.3 Å². The van der Waals surface area contributed by atoms with Gasteiger partial charge in [-0.25, -0.2) is 0 Å². The minimum absolute atomic E-state index is 0.0195. The highest BCUT2D eigenvalue weighted by molar-refractivity contribution is 9.10. The van der Waals surface area contributed by atoms with Crippen molar-refractivity contribution in [3.8, 4) is 0 Å². The molecule has 0 spiro atoms. The molecule has 2 rings (SSSR count). The van der Waals surface area contributed by atoms with Gasteiger partial charge in [0.05, 0.1) is 10.5 Å². The molecule has 2 aromatic rings. The van der Waals surface area contributed by atoms with Crippen LogP contribution >= 0.6 is 27.5 Å². The first-order valence-electron chi connectivity index (χ1n) is 7.61. The number of benzene rings is 1. The molecule has 0 bridgehead atoms. The molecule has 1 atom stereocenters. The second kappa shape index (κ2) is 7.49. The third-order valence-corrected chi connectivity index (χ3v) is 4.46. The van der Waals surface area contributed by atoms with Gasteiger partial charge in [0.25, 0.3) is 5.91 Å². The van der Waals surface area contributed by atoms with Crippen LogP contribution in [0.3, 0.4) is 0 Å². The first kappa shape index (κ1) is 18.0. The number of halogens is 2. The molecule has 0 aliphatic heterocycles. The molecule has 0 saturated heterocycles. The van der Waals surface area contributed by atoms with E-state index in [2.05, 4.69) is 40.1 Å². The maximum absolute atomic E-state index is 12.6. The van der Waals surface area contributed by atoms with Crippen LogP contribution in [0.4, 0.5) is 0 Å². The van der Waals surface area contributed by atoms with Gasteiger partial charge in [0.1, 0.15) is 5.56 Å². The average molecular weight is 400 g/mol. The molecule has 4 nitrogen and oxygen atoms in total. The van der Waals surface area contributed by atoms with Crippen LogP contribution in [0.1, 0.15) is 44.0 Å². The predicted octanol–water partition coefficient (Wildman–Crippen LogP) is 4.50. The van der Waals surface area contributed by atoms with E-state index in [-0.39, 0.29) is 22.9 Å². The van der Waals surface area contributed by atoms with E-state index in [0.29, 0.717) is 26.3 Å². The van der Waals surface area contributed by atoms with Gasteiger partial charge >= 0.3 is 0 Å². The van der Waals surface area contributed by atoms with Crippen LogP contribution in [0, 0.1) is 5.92 Å². The van der Waals surface area contributed by atoms with Gasteiger partial charge in [-0.2, -0.15) is 0 Å². The number of amides is 1. The van der Waals surface area contributed by atoms with Gasteiger partial charge in [-0.1, -0.05) is 41.4 Å². The Morgan fingerprint density at radius 2 is 2.00 bits per heavy atom. The number of nitrogens with one attached hydrogen (secondary N) is 2. The molecule has 1 aromatic carbocycles. The lowest BCUT2D eigenvalue weighted by Gasteiger charge is -2.15. The number of fused-ring (bicyclic) bond motifs is 1. The van der Waals surface area contributed by atoms with E-state index >= 15 is 0 Å². The summed E-state index contributed by atoms with van der Waals surface area (Å²) in [5.74, 6) is 0.221. The lowest BCUT2D eigenvalue weighted by atomic mass is 10.0. The first-order chi connectivity index (χ1) is 10.8. The minimum Gasteiger partial charge on any atom is -0.359 e. The second-order valence-corrected chi connectivity index (χ2v) is 7.51. The smallest absolute Gasteiger partial charge is 0.256 e. The normalized spacial score (nSPS) is 12.6. The predicted molar refractivity (Wildman–Crippen MR) is 98.3 cm³/mol. The van der Waals surface area contributed by atoms with E-state index in [4.69, 9.17) is 11.6 Å². The Morgan fingerprint density at radius 1 is 1.30 bits per heavy atom. The van der Waals surface area contributed by atoms with Gasteiger partial charge < -0.3 is 10.3 Å². The molecular weight excluding hydrogens is 380 g/mol. The first-order valence-corrected chi connectivity index (χ1v) is 8.78. The highest BCUT2D eigenvalue weighted by atomic mass is 79.9. The van der Waals surface area contributed by atoms with Gasteiger partial charge in [0.2, 0.25) is 5.43 Å². The molecule has 0 aliphatic rings. The van der Waals surface area contributed by atoms with Crippen LogP contribution in [0.5, 0.6) is 0 Å². The molecule has 2 N–H and O–H groups in total. The Hall–Kier alpha value is -1.33. The van der Waals surface area contributed by atoms with Crippen LogP contribution in [-0.2, 0) is 0 Å². The van der Waals surface area contributed by atoms with Crippen molar-refractivity contribution in [3.63, 3.8) is 0 Å². The lowest BCUT2D eigenvalue weighted by Crippen LogP contribution is -2.35. The number of H-pyrrole nitrogens is 1. The lowest BCUT2D eigenvalue weighted by molar-refractivity contribution is 0.0936. The molecule has 1 aromatic heterocycles. The molecule has 1 heterocycles. The summed E-state index contributed by atoms with van der Waals surface area (Å²) in [5.41, 5.74) is 0.308. The zero-order valence-corrected chi connectivity index (χ0v) is 15.7. The number of carbonyl (C=O) groups is 1. The standard InChI is InChI=1S/C17H20BrClN2O2/c1-9(2)4-5-10(3)21-17(23)13-8-20-15-12(16(13)22)6-11(18)7-14(15)19/h6-10H,4-5H2,1-3H3,(H,20,22)(H,21,23). The molecular formula is C17H20BrClN2O2. The van der Waals surface area contributed by atoms with E-state index < -0.39 is 0 Å². The number of rotatable bonds is 5. The Kier molecular flexibility index (Phi) is 5.87. The summed E-state index contributed by atoms with van der Waals surface area (Å²) in [7, 11) is 0. The number of carbonyl (C=O) groups excluding carboxylic acids is 1. The van der Waals surface area contributed by atoms with Gasteiger partial charge in [0.15, 0.2) is 0 Å². The van der Waals surface area contributed by atoms with Crippen molar-refractivity contribution in [3.05, 3.63) is 43.6 Å². The van der Waals surface area contributed by atoms with Crippen LogP contribution in [0.2, 0.25) is 5.02 Å². The summed E-state index contributed by atoms with van der Waals surface area (Å²) in [6, 6.07) is 3.39. The third kappa shape index (κ3) is 4.36. The molecule has 6 heteroatoms. The van der Waals surface area contributed by atoms with Crippen molar-refractivity contribution in [1.29, 1.82) is 0 Å². The fraction of sp³-hybridized carbons (Fsp3) is 0.412. The van der Waals surface area contributed by atoms with E-state index in [0.717, 1.165) is 12.8 Å². The summed E-state index contributed by atoms with van der Waals surface area (Å²) in [4.78, 5) is 27.9. The van der Waals surface area contributed by atoms with Crippen LogP contribution in [0.25, 0.3) is 10.9 Å². The Morgan fingerprint density at radius 3 is 2.65 bits per heavy atom. The average Bonchev–Trinajstić information content (AvgIpc) is 2.46. The number of aromatic nitrogens is 1. The summed E-state index contributed by atoms with van der Waals surface area (Å²) >= 11 is 9.44. The number of hydrogen-bond donors (Lipinski definition) is 2. The van der Waals surface area contributed by atoms with Gasteiger partial charge in [-0.3, -0.25) is 9.59 Å². The third-order valence-electron chi connectivity index (χ3n) is 3.70. The maximum atomic E-state index is 12.6. The number of aromatic amines is 1. The zero-order valence-electron chi connectivity index (χ0n) is 13.4. The van der Waals surface area contributed by atoms with Crippen molar-refractivity contribution < 1.29 is 4.79 Å². The molecule has 23 heavy (non-hydrogen) atoms. The van der Waals surface area contributed by atoms with Crippen molar-refractivity contribution in [2.75, 3.05) is 0 Å². The molecule has 1 amide bonds. The van der Waals surface area contributed by atoms with Gasteiger partial charge in [0, 0.05) is 22.1 Å². The Labute approximate surface area is 148 Å². The molecule has 124 valence electrons. The maximum Gasteiger partial charge on any atom is 0.256 e. The number of pyridine rings is 1. The van der Waals surface area contributed by atoms with Crippen molar-refractivity contribution in [2.45, 2.75) is 39.7 Å². The van der Waals surface area contributed by atoms with E-state index in [1.165, 1.54) is 6.20 Å². The molecule has 1 unspecified atom stereocenters. The van der Waals surface area contributed by atoms with E-state index in [9.17, 15) is 9.59 Å². The van der Waals surface area contributed by atoms with Crippen molar-refractivity contribution in [1.82, 2.24) is 10.3 Å². The fourth-order valence-electron chi connectivity index (χ4n) is 2.38. The van der Waals surface area contributed by atoms with E-state index in [1.54, 1.807) is 12.1 Å². The molecule has 0 radical (unpaired) electrons. The summed E-state index contributed by atoms with van der Waals surface area (Å²) in [6.07, 6.45) is 3.33. The summed E-state index contributed by atoms with van der Waals surface area (Å²) in [5, 5.41) is 3.71. The summed E-state index contributed by atoms with van der Waals surface area (Å²) < 4.78 is 0.698. The van der Waals surface area contributed by atoms with Crippen LogP contribution in [-0.4, -0.2) is 16.9 Å².